The number of aliphatic hydroxyl groups excluding tert-OH is 1. The highest BCUT2D eigenvalue weighted by atomic mass is 79.9. The van der Waals surface area contributed by atoms with Gasteiger partial charge in [-0.15, -0.1) is 0 Å². The molecule has 1 spiro atoms. The first-order valence-electron chi connectivity index (χ1n) is 8.86. The van der Waals surface area contributed by atoms with Crippen LogP contribution in [-0.4, -0.2) is 58.6 Å². The predicted octanol–water partition coefficient (Wildman–Crippen LogP) is 2.25. The lowest BCUT2D eigenvalue weighted by Gasteiger charge is -2.25. The Morgan fingerprint density at radius 1 is 1.27 bits per heavy atom. The van der Waals surface area contributed by atoms with E-state index < -0.39 is 5.54 Å². The number of carbonyl (C=O) groups excluding carboxylic acids is 2. The third-order valence-electron chi connectivity index (χ3n) is 5.16. The number of aliphatic hydroxyl groups is 1. The van der Waals surface area contributed by atoms with Crippen LogP contribution >= 0.6 is 15.9 Å². The first-order chi connectivity index (χ1) is 12.4. The molecule has 1 aromatic rings. The summed E-state index contributed by atoms with van der Waals surface area (Å²) in [5, 5.41) is 12.2. The molecule has 2 N–H and O–H groups in total. The van der Waals surface area contributed by atoms with Crippen LogP contribution in [0.25, 0.3) is 0 Å². The topological polar surface area (TPSA) is 72.9 Å². The molecule has 3 amide bonds. The van der Waals surface area contributed by atoms with Gasteiger partial charge in [0.05, 0.1) is 6.61 Å². The number of nitrogens with one attached hydrogen (secondary N) is 1. The summed E-state index contributed by atoms with van der Waals surface area (Å²) in [6.07, 6.45) is 3.27. The van der Waals surface area contributed by atoms with E-state index in [9.17, 15) is 19.1 Å². The number of amides is 3. The molecule has 1 heterocycles. The highest BCUT2D eigenvalue weighted by Gasteiger charge is 2.52. The monoisotopic (exact) mass is 427 g/mol. The Kier molecular flexibility index (Phi) is 5.94. The van der Waals surface area contributed by atoms with Crippen molar-refractivity contribution in [1.29, 1.82) is 0 Å². The SMILES string of the molecule is O=C1NC2(CCCC2)C(=O)N1CCN(CCO)Cc1cc(Br)ccc1F. The Balaban J connectivity index is 1.64. The van der Waals surface area contributed by atoms with Gasteiger partial charge in [0, 0.05) is 36.2 Å². The summed E-state index contributed by atoms with van der Waals surface area (Å²) in [6.45, 7) is 1.14. The molecule has 0 radical (unpaired) electrons. The van der Waals surface area contributed by atoms with Gasteiger partial charge in [-0.1, -0.05) is 28.8 Å². The maximum atomic E-state index is 14.0. The maximum Gasteiger partial charge on any atom is 0.325 e. The molecule has 1 saturated carbocycles. The Hall–Kier alpha value is -1.51. The van der Waals surface area contributed by atoms with E-state index in [1.54, 1.807) is 12.1 Å². The van der Waals surface area contributed by atoms with Crippen molar-refractivity contribution in [1.82, 2.24) is 15.1 Å². The minimum Gasteiger partial charge on any atom is -0.395 e. The van der Waals surface area contributed by atoms with E-state index in [2.05, 4.69) is 21.2 Å². The maximum absolute atomic E-state index is 14.0. The molecule has 0 unspecified atom stereocenters. The lowest BCUT2D eigenvalue weighted by atomic mass is 9.98. The summed E-state index contributed by atoms with van der Waals surface area (Å²) in [6, 6.07) is 4.36. The van der Waals surface area contributed by atoms with Gasteiger partial charge in [0.1, 0.15) is 11.4 Å². The van der Waals surface area contributed by atoms with Crippen LogP contribution in [0.3, 0.4) is 0 Å². The van der Waals surface area contributed by atoms with Gasteiger partial charge in [0.15, 0.2) is 0 Å². The van der Waals surface area contributed by atoms with Crippen LogP contribution < -0.4 is 5.32 Å². The van der Waals surface area contributed by atoms with Crippen molar-refractivity contribution in [3.8, 4) is 0 Å². The summed E-state index contributed by atoms with van der Waals surface area (Å²) >= 11 is 3.33. The molecular formula is C18H23BrFN3O3. The zero-order chi connectivity index (χ0) is 18.7. The molecule has 2 aliphatic rings. The van der Waals surface area contributed by atoms with E-state index in [4.69, 9.17) is 0 Å². The van der Waals surface area contributed by atoms with Crippen molar-refractivity contribution in [2.75, 3.05) is 26.2 Å². The highest BCUT2D eigenvalue weighted by Crippen LogP contribution is 2.34. The predicted molar refractivity (Wildman–Crippen MR) is 97.9 cm³/mol. The molecule has 2 fully saturated rings. The van der Waals surface area contributed by atoms with Crippen molar-refractivity contribution in [3.05, 3.63) is 34.1 Å². The molecule has 1 aliphatic heterocycles. The third-order valence-corrected chi connectivity index (χ3v) is 5.65. The van der Waals surface area contributed by atoms with Crippen LogP contribution in [0.5, 0.6) is 0 Å². The van der Waals surface area contributed by atoms with Crippen LogP contribution in [0.1, 0.15) is 31.2 Å². The van der Waals surface area contributed by atoms with E-state index in [1.807, 2.05) is 4.90 Å². The Morgan fingerprint density at radius 2 is 2.00 bits per heavy atom. The van der Waals surface area contributed by atoms with Gasteiger partial charge < -0.3 is 10.4 Å². The fraction of sp³-hybridized carbons (Fsp3) is 0.556. The highest BCUT2D eigenvalue weighted by molar-refractivity contribution is 9.10. The Labute approximate surface area is 160 Å². The van der Waals surface area contributed by atoms with Crippen molar-refractivity contribution in [2.24, 2.45) is 0 Å². The lowest BCUT2D eigenvalue weighted by molar-refractivity contribution is -0.131. The number of rotatable bonds is 7. The van der Waals surface area contributed by atoms with Gasteiger partial charge in [0.2, 0.25) is 0 Å². The number of benzene rings is 1. The van der Waals surface area contributed by atoms with Gasteiger partial charge in [-0.25, -0.2) is 9.18 Å². The normalized spacial score (nSPS) is 19.0. The summed E-state index contributed by atoms with van der Waals surface area (Å²) in [4.78, 5) is 28.0. The average molecular weight is 428 g/mol. The van der Waals surface area contributed by atoms with E-state index >= 15 is 0 Å². The van der Waals surface area contributed by atoms with Crippen LogP contribution in [0.4, 0.5) is 9.18 Å². The third kappa shape index (κ3) is 3.92. The van der Waals surface area contributed by atoms with E-state index in [0.29, 0.717) is 38.0 Å². The van der Waals surface area contributed by atoms with Crippen LogP contribution in [-0.2, 0) is 11.3 Å². The van der Waals surface area contributed by atoms with Gasteiger partial charge in [-0.05, 0) is 31.0 Å². The second kappa shape index (κ2) is 8.02. The molecule has 1 saturated heterocycles. The Bertz CT molecular complexity index is 694. The first-order valence-corrected chi connectivity index (χ1v) is 9.66. The second-order valence-corrected chi connectivity index (χ2v) is 7.83. The largest absolute Gasteiger partial charge is 0.395 e. The molecule has 3 rings (SSSR count). The quantitative estimate of drug-likeness (QED) is 0.654. The minimum absolute atomic E-state index is 0.0836. The molecule has 0 bridgehead atoms. The van der Waals surface area contributed by atoms with Gasteiger partial charge in [0.25, 0.3) is 5.91 Å². The molecule has 142 valence electrons. The second-order valence-electron chi connectivity index (χ2n) is 6.91. The summed E-state index contributed by atoms with van der Waals surface area (Å²) < 4.78 is 14.8. The van der Waals surface area contributed by atoms with Gasteiger partial charge in [-0.2, -0.15) is 0 Å². The van der Waals surface area contributed by atoms with Crippen molar-refractivity contribution < 1.29 is 19.1 Å². The lowest BCUT2D eigenvalue weighted by Crippen LogP contribution is -2.44. The zero-order valence-electron chi connectivity index (χ0n) is 14.5. The van der Waals surface area contributed by atoms with Crippen molar-refractivity contribution >= 4 is 27.9 Å². The van der Waals surface area contributed by atoms with Gasteiger partial charge in [-0.3, -0.25) is 14.6 Å². The number of urea groups is 1. The van der Waals surface area contributed by atoms with E-state index in [1.165, 1.54) is 11.0 Å². The molecule has 6 nitrogen and oxygen atoms in total. The fourth-order valence-electron chi connectivity index (χ4n) is 3.75. The smallest absolute Gasteiger partial charge is 0.325 e. The molecule has 26 heavy (non-hydrogen) atoms. The molecule has 1 aliphatic carbocycles. The summed E-state index contributed by atoms with van der Waals surface area (Å²) in [7, 11) is 0. The minimum atomic E-state index is -0.713. The number of imide groups is 1. The standard InChI is InChI=1S/C18H23BrFN3O3/c19-14-3-4-15(20)13(11-14)12-22(9-10-24)7-8-23-16(25)18(21-17(23)26)5-1-2-6-18/h3-4,11,24H,1-2,5-10,12H2,(H,21,26). The van der Waals surface area contributed by atoms with Crippen molar-refractivity contribution in [3.63, 3.8) is 0 Å². The summed E-state index contributed by atoms with van der Waals surface area (Å²) in [5.74, 6) is -0.478. The average Bonchev–Trinajstić information content (AvgIpc) is 3.16. The Morgan fingerprint density at radius 3 is 2.69 bits per heavy atom. The number of halogens is 2. The van der Waals surface area contributed by atoms with E-state index in [0.717, 1.165) is 17.3 Å². The number of carbonyl (C=O) groups is 2. The van der Waals surface area contributed by atoms with Gasteiger partial charge >= 0.3 is 6.03 Å². The number of hydrogen-bond acceptors (Lipinski definition) is 4. The number of hydrogen-bond donors (Lipinski definition) is 2. The molecule has 0 atom stereocenters. The summed E-state index contributed by atoms with van der Waals surface area (Å²) in [5.41, 5.74) is -0.216. The molecular weight excluding hydrogens is 405 g/mol. The zero-order valence-corrected chi connectivity index (χ0v) is 16.1. The number of nitrogens with zero attached hydrogens (tertiary/aromatic N) is 2. The van der Waals surface area contributed by atoms with E-state index in [-0.39, 0.29) is 30.9 Å². The van der Waals surface area contributed by atoms with Crippen molar-refractivity contribution in [2.45, 2.75) is 37.8 Å². The van der Waals surface area contributed by atoms with Crippen LogP contribution in [0.15, 0.2) is 22.7 Å². The van der Waals surface area contributed by atoms with Crippen LogP contribution in [0.2, 0.25) is 0 Å². The molecule has 0 aromatic heterocycles. The molecule has 1 aromatic carbocycles. The first kappa shape index (κ1) is 19.3. The molecule has 8 heteroatoms. The fourth-order valence-corrected chi connectivity index (χ4v) is 4.16. The van der Waals surface area contributed by atoms with Crippen LogP contribution in [0, 0.1) is 5.82 Å².